The molecule has 1 saturated carbocycles. The second-order valence-corrected chi connectivity index (χ2v) is 4.71. The summed E-state index contributed by atoms with van der Waals surface area (Å²) in [6.07, 6.45) is 3.88. The monoisotopic (exact) mass is 249 g/mol. The molecule has 1 aliphatic carbocycles. The lowest BCUT2D eigenvalue weighted by Gasteiger charge is -2.37. The van der Waals surface area contributed by atoms with Crippen LogP contribution >= 0.6 is 0 Å². The Bertz CT molecular complexity index is 398. The van der Waals surface area contributed by atoms with Crippen molar-refractivity contribution in [3.05, 3.63) is 29.8 Å². The number of rotatable bonds is 5. The molecule has 4 nitrogen and oxygen atoms in total. The Morgan fingerprint density at radius 1 is 1.28 bits per heavy atom. The fraction of sp³-hybridized carbons (Fsp3) is 0.500. The largest absolute Gasteiger partial charge is 0.508 e. The maximum atomic E-state index is 12.4. The van der Waals surface area contributed by atoms with Crippen LogP contribution < -0.4 is 0 Å². The van der Waals surface area contributed by atoms with E-state index in [2.05, 4.69) is 0 Å². The lowest BCUT2D eigenvalue weighted by Crippen LogP contribution is -2.44. The van der Waals surface area contributed by atoms with Crippen LogP contribution in [0.1, 0.15) is 36.0 Å². The van der Waals surface area contributed by atoms with Crippen LogP contribution in [0.4, 0.5) is 0 Å². The number of carbonyl (C=O) groups excluding carboxylic acids is 1. The number of amides is 1. The first-order chi connectivity index (χ1) is 8.72. The molecule has 0 heterocycles. The van der Waals surface area contributed by atoms with Gasteiger partial charge < -0.3 is 15.1 Å². The summed E-state index contributed by atoms with van der Waals surface area (Å²) in [5, 5.41) is 18.1. The summed E-state index contributed by atoms with van der Waals surface area (Å²) in [5.41, 5.74) is 0.595. The number of hydrogen-bond acceptors (Lipinski definition) is 3. The molecule has 2 rings (SSSR count). The summed E-state index contributed by atoms with van der Waals surface area (Å²) in [6, 6.07) is 6.65. The zero-order chi connectivity index (χ0) is 13.0. The minimum atomic E-state index is -0.00634. The Balaban J connectivity index is 2.08. The van der Waals surface area contributed by atoms with Crippen molar-refractivity contribution in [1.82, 2.24) is 4.90 Å². The summed E-state index contributed by atoms with van der Waals surface area (Å²) in [4.78, 5) is 14.2. The zero-order valence-corrected chi connectivity index (χ0v) is 10.4. The van der Waals surface area contributed by atoms with Gasteiger partial charge in [0.2, 0.25) is 0 Å². The highest BCUT2D eigenvalue weighted by molar-refractivity contribution is 5.94. The zero-order valence-electron chi connectivity index (χ0n) is 10.4. The highest BCUT2D eigenvalue weighted by Crippen LogP contribution is 2.26. The molecule has 1 fully saturated rings. The van der Waals surface area contributed by atoms with Crippen LogP contribution in [0.25, 0.3) is 0 Å². The van der Waals surface area contributed by atoms with E-state index in [-0.39, 0.29) is 18.3 Å². The van der Waals surface area contributed by atoms with E-state index in [0.29, 0.717) is 24.6 Å². The molecule has 1 aromatic carbocycles. The Labute approximate surface area is 107 Å². The molecule has 0 radical (unpaired) electrons. The molecule has 1 aliphatic rings. The van der Waals surface area contributed by atoms with Crippen LogP contribution in [0.5, 0.6) is 5.75 Å². The van der Waals surface area contributed by atoms with E-state index in [1.54, 1.807) is 12.1 Å². The maximum Gasteiger partial charge on any atom is 0.254 e. The van der Waals surface area contributed by atoms with Gasteiger partial charge in [-0.1, -0.05) is 0 Å². The Hall–Kier alpha value is -1.55. The molecule has 1 amide bonds. The molecule has 0 atom stereocenters. The van der Waals surface area contributed by atoms with Gasteiger partial charge in [0.05, 0.1) is 0 Å². The molecule has 0 aliphatic heterocycles. The fourth-order valence-electron chi connectivity index (χ4n) is 2.16. The normalized spacial score (nSPS) is 15.2. The summed E-state index contributed by atoms with van der Waals surface area (Å²) in [5.74, 6) is 0.158. The molecule has 0 aromatic heterocycles. The van der Waals surface area contributed by atoms with Crippen molar-refractivity contribution in [2.24, 2.45) is 0 Å². The number of aromatic hydroxyl groups is 1. The van der Waals surface area contributed by atoms with Crippen molar-refractivity contribution in [2.45, 2.75) is 31.7 Å². The second kappa shape index (κ2) is 5.87. The first-order valence-corrected chi connectivity index (χ1v) is 6.43. The molecule has 0 saturated heterocycles. The summed E-state index contributed by atoms with van der Waals surface area (Å²) in [6.45, 7) is 0.701. The van der Waals surface area contributed by atoms with Crippen molar-refractivity contribution < 1.29 is 15.0 Å². The van der Waals surface area contributed by atoms with E-state index in [1.807, 2.05) is 4.90 Å². The Kier molecular flexibility index (Phi) is 4.20. The Morgan fingerprint density at radius 3 is 2.44 bits per heavy atom. The van der Waals surface area contributed by atoms with E-state index >= 15 is 0 Å². The molecule has 18 heavy (non-hydrogen) atoms. The number of phenols is 1. The van der Waals surface area contributed by atoms with Crippen molar-refractivity contribution in [3.63, 3.8) is 0 Å². The predicted octanol–water partition coefficient (Wildman–Crippen LogP) is 1.77. The maximum absolute atomic E-state index is 12.4. The molecular formula is C14H19NO3. The van der Waals surface area contributed by atoms with Gasteiger partial charge in [0.1, 0.15) is 5.75 Å². The van der Waals surface area contributed by atoms with Gasteiger partial charge >= 0.3 is 0 Å². The average Bonchev–Trinajstić information content (AvgIpc) is 2.32. The van der Waals surface area contributed by atoms with E-state index in [4.69, 9.17) is 5.11 Å². The topological polar surface area (TPSA) is 60.8 Å². The van der Waals surface area contributed by atoms with Crippen LogP contribution in [0.15, 0.2) is 24.3 Å². The summed E-state index contributed by atoms with van der Waals surface area (Å²) in [7, 11) is 0. The van der Waals surface area contributed by atoms with Crippen molar-refractivity contribution >= 4 is 5.91 Å². The third-order valence-electron chi connectivity index (χ3n) is 3.45. The lowest BCUT2D eigenvalue weighted by atomic mass is 9.90. The van der Waals surface area contributed by atoms with E-state index in [1.165, 1.54) is 18.6 Å². The Morgan fingerprint density at radius 2 is 1.94 bits per heavy atom. The third-order valence-corrected chi connectivity index (χ3v) is 3.45. The first kappa shape index (κ1) is 12.9. The van der Waals surface area contributed by atoms with Gasteiger partial charge in [0.25, 0.3) is 5.91 Å². The van der Waals surface area contributed by atoms with Crippen LogP contribution in [0, 0.1) is 0 Å². The highest BCUT2D eigenvalue weighted by atomic mass is 16.3. The molecule has 0 bridgehead atoms. The van der Waals surface area contributed by atoms with E-state index in [9.17, 15) is 9.90 Å². The molecule has 4 heteroatoms. The van der Waals surface area contributed by atoms with Crippen molar-refractivity contribution in [1.29, 1.82) is 0 Å². The number of benzene rings is 1. The standard InChI is InChI=1S/C14H19NO3/c16-10-2-9-15(12-3-1-4-12)14(18)11-5-7-13(17)8-6-11/h5-8,12,16-17H,1-4,9-10H2. The molecule has 1 aromatic rings. The average molecular weight is 249 g/mol. The number of phenolic OH excluding ortho intramolecular Hbond substituents is 1. The van der Waals surface area contributed by atoms with Crippen LogP contribution in [-0.2, 0) is 0 Å². The van der Waals surface area contributed by atoms with Gasteiger partial charge in [-0.05, 0) is 49.9 Å². The summed E-state index contributed by atoms with van der Waals surface area (Å²) >= 11 is 0. The molecule has 0 unspecified atom stereocenters. The first-order valence-electron chi connectivity index (χ1n) is 6.43. The van der Waals surface area contributed by atoms with Crippen LogP contribution in [-0.4, -0.2) is 40.2 Å². The minimum Gasteiger partial charge on any atom is -0.508 e. The van der Waals surface area contributed by atoms with Gasteiger partial charge in [0.15, 0.2) is 0 Å². The molecular weight excluding hydrogens is 230 g/mol. The highest BCUT2D eigenvalue weighted by Gasteiger charge is 2.28. The lowest BCUT2D eigenvalue weighted by molar-refractivity contribution is 0.0562. The predicted molar refractivity (Wildman–Crippen MR) is 68.5 cm³/mol. The number of aliphatic hydroxyl groups is 1. The van der Waals surface area contributed by atoms with Crippen LogP contribution in [0.2, 0.25) is 0 Å². The van der Waals surface area contributed by atoms with E-state index in [0.717, 1.165) is 12.8 Å². The van der Waals surface area contributed by atoms with Gasteiger partial charge in [0, 0.05) is 24.8 Å². The number of nitrogens with zero attached hydrogens (tertiary/aromatic N) is 1. The SMILES string of the molecule is O=C(c1ccc(O)cc1)N(CCCO)C1CCC1. The van der Waals surface area contributed by atoms with Crippen molar-refractivity contribution in [3.8, 4) is 5.75 Å². The fourth-order valence-corrected chi connectivity index (χ4v) is 2.16. The molecule has 98 valence electrons. The van der Waals surface area contributed by atoms with Gasteiger partial charge in [-0.25, -0.2) is 0 Å². The quantitative estimate of drug-likeness (QED) is 0.836. The van der Waals surface area contributed by atoms with Crippen molar-refractivity contribution in [2.75, 3.05) is 13.2 Å². The van der Waals surface area contributed by atoms with Gasteiger partial charge in [-0.15, -0.1) is 0 Å². The van der Waals surface area contributed by atoms with Gasteiger partial charge in [-0.3, -0.25) is 4.79 Å². The summed E-state index contributed by atoms with van der Waals surface area (Å²) < 4.78 is 0. The van der Waals surface area contributed by atoms with Crippen LogP contribution in [0.3, 0.4) is 0 Å². The number of carbonyl (C=O) groups is 1. The molecule has 2 N–H and O–H groups in total. The second-order valence-electron chi connectivity index (χ2n) is 4.71. The molecule has 0 spiro atoms. The number of hydrogen-bond donors (Lipinski definition) is 2. The van der Waals surface area contributed by atoms with E-state index < -0.39 is 0 Å². The smallest absolute Gasteiger partial charge is 0.254 e. The third kappa shape index (κ3) is 2.82. The van der Waals surface area contributed by atoms with Gasteiger partial charge in [-0.2, -0.15) is 0 Å². The minimum absolute atomic E-state index is 0.00634. The number of aliphatic hydroxyl groups excluding tert-OH is 1.